The van der Waals surface area contributed by atoms with Crippen molar-refractivity contribution in [1.82, 2.24) is 15.8 Å². The molecule has 1 unspecified atom stereocenters. The highest BCUT2D eigenvalue weighted by atomic mass is 16.1. The van der Waals surface area contributed by atoms with Crippen LogP contribution < -0.4 is 16.6 Å². The number of primary amides is 1. The number of fused-ring (bicyclic) bond motifs is 1. The third kappa shape index (κ3) is 1.39. The van der Waals surface area contributed by atoms with Gasteiger partial charge in [0.25, 0.3) is 0 Å². The third-order valence-electron chi connectivity index (χ3n) is 2.06. The Kier molecular flexibility index (Phi) is 1.96. The van der Waals surface area contributed by atoms with Gasteiger partial charge in [-0.2, -0.15) is 0 Å². The monoisotopic (exact) mass is 178 g/mol. The van der Waals surface area contributed by atoms with Crippen molar-refractivity contribution in [2.75, 3.05) is 0 Å². The van der Waals surface area contributed by atoms with E-state index in [1.807, 2.05) is 0 Å². The van der Waals surface area contributed by atoms with Gasteiger partial charge in [-0.05, 0) is 17.2 Å². The van der Waals surface area contributed by atoms with E-state index in [2.05, 4.69) is 15.8 Å². The zero-order valence-electron chi connectivity index (χ0n) is 6.95. The first-order chi connectivity index (χ1) is 6.29. The number of carbonyl (C=O) groups is 1. The second-order valence-electron chi connectivity index (χ2n) is 2.91. The zero-order chi connectivity index (χ0) is 9.26. The van der Waals surface area contributed by atoms with Gasteiger partial charge in [-0.1, -0.05) is 0 Å². The molecule has 68 valence electrons. The maximum Gasteiger partial charge on any atom is 0.240 e. The summed E-state index contributed by atoms with van der Waals surface area (Å²) in [7, 11) is 0. The number of carbonyl (C=O) groups excluding carboxylic acids is 1. The minimum absolute atomic E-state index is 0.389. The number of nitrogens with one attached hydrogen (secondary N) is 2. The second-order valence-corrected chi connectivity index (χ2v) is 2.91. The molecule has 1 amide bonds. The highest BCUT2D eigenvalue weighted by Gasteiger charge is 2.23. The van der Waals surface area contributed by atoms with Gasteiger partial charge in [-0.25, -0.2) is 5.43 Å². The number of nitrogens with two attached hydrogens (primary N) is 1. The fourth-order valence-corrected chi connectivity index (χ4v) is 1.42. The fraction of sp³-hybridized carbons (Fsp3) is 0.250. The van der Waals surface area contributed by atoms with Crippen LogP contribution in [0.15, 0.2) is 18.5 Å². The van der Waals surface area contributed by atoms with Crippen molar-refractivity contribution in [2.24, 2.45) is 5.73 Å². The summed E-state index contributed by atoms with van der Waals surface area (Å²) in [5.41, 5.74) is 12.8. The highest BCUT2D eigenvalue weighted by molar-refractivity contribution is 5.82. The Balaban J connectivity index is 2.42. The number of amides is 1. The first-order valence-corrected chi connectivity index (χ1v) is 3.99. The van der Waals surface area contributed by atoms with E-state index in [9.17, 15) is 4.79 Å². The van der Waals surface area contributed by atoms with Crippen molar-refractivity contribution in [3.05, 3.63) is 29.6 Å². The molecule has 13 heavy (non-hydrogen) atoms. The number of nitrogens with zero attached hydrogens (tertiary/aromatic N) is 1. The Morgan fingerprint density at radius 2 is 2.54 bits per heavy atom. The maximum absolute atomic E-state index is 11.0. The van der Waals surface area contributed by atoms with Crippen LogP contribution in [0.25, 0.3) is 0 Å². The molecule has 0 spiro atoms. The molecule has 1 aliphatic rings. The first-order valence-electron chi connectivity index (χ1n) is 3.99. The van der Waals surface area contributed by atoms with E-state index in [4.69, 9.17) is 5.73 Å². The van der Waals surface area contributed by atoms with Crippen molar-refractivity contribution in [2.45, 2.75) is 12.6 Å². The van der Waals surface area contributed by atoms with Crippen LogP contribution in [0.5, 0.6) is 0 Å². The average Bonchev–Trinajstić information content (AvgIpc) is 2.17. The zero-order valence-corrected chi connectivity index (χ0v) is 6.95. The van der Waals surface area contributed by atoms with Gasteiger partial charge in [0.1, 0.15) is 6.04 Å². The van der Waals surface area contributed by atoms with E-state index in [0.29, 0.717) is 6.54 Å². The van der Waals surface area contributed by atoms with Gasteiger partial charge >= 0.3 is 0 Å². The Labute approximate surface area is 75.3 Å². The molecule has 0 bridgehead atoms. The van der Waals surface area contributed by atoms with E-state index in [1.54, 1.807) is 18.5 Å². The van der Waals surface area contributed by atoms with Gasteiger partial charge in [0.05, 0.1) is 0 Å². The predicted molar refractivity (Wildman–Crippen MR) is 46.1 cm³/mol. The number of hydrazine groups is 1. The number of pyridine rings is 1. The smallest absolute Gasteiger partial charge is 0.240 e. The van der Waals surface area contributed by atoms with Gasteiger partial charge in [-0.15, -0.1) is 0 Å². The van der Waals surface area contributed by atoms with Crippen molar-refractivity contribution in [3.63, 3.8) is 0 Å². The molecule has 1 atom stereocenters. The minimum Gasteiger partial charge on any atom is -0.368 e. The lowest BCUT2D eigenvalue weighted by Crippen LogP contribution is -2.45. The second kappa shape index (κ2) is 3.12. The highest BCUT2D eigenvalue weighted by Crippen LogP contribution is 2.18. The molecule has 2 heterocycles. The normalized spacial score (nSPS) is 20.8. The largest absolute Gasteiger partial charge is 0.368 e. The molecule has 4 N–H and O–H groups in total. The third-order valence-corrected chi connectivity index (χ3v) is 2.06. The van der Waals surface area contributed by atoms with E-state index >= 15 is 0 Å². The molecular weight excluding hydrogens is 168 g/mol. The Morgan fingerprint density at radius 1 is 1.69 bits per heavy atom. The summed E-state index contributed by atoms with van der Waals surface area (Å²) in [5.74, 6) is -0.389. The molecule has 1 aliphatic heterocycles. The molecule has 1 aromatic rings. The van der Waals surface area contributed by atoms with Crippen molar-refractivity contribution in [1.29, 1.82) is 0 Å². The average molecular weight is 178 g/mol. The predicted octanol–water partition coefficient (Wildman–Crippen LogP) is -0.784. The molecule has 0 saturated heterocycles. The van der Waals surface area contributed by atoms with Gasteiger partial charge in [0.2, 0.25) is 5.91 Å². The molecule has 2 rings (SSSR count). The number of rotatable bonds is 1. The quantitative estimate of drug-likeness (QED) is 0.527. The molecular formula is C8H10N4O. The summed E-state index contributed by atoms with van der Waals surface area (Å²) in [6, 6.07) is 1.35. The van der Waals surface area contributed by atoms with Crippen LogP contribution in [-0.2, 0) is 11.3 Å². The lowest BCUT2D eigenvalue weighted by atomic mass is 10.0. The topological polar surface area (TPSA) is 80.0 Å². The minimum atomic E-state index is -0.452. The molecule has 1 aromatic heterocycles. The molecule has 5 heteroatoms. The van der Waals surface area contributed by atoms with E-state index in [1.165, 1.54) is 0 Å². The fourth-order valence-electron chi connectivity index (χ4n) is 1.42. The van der Waals surface area contributed by atoms with Crippen molar-refractivity contribution >= 4 is 5.91 Å². The summed E-state index contributed by atoms with van der Waals surface area (Å²) in [6.07, 6.45) is 3.39. The van der Waals surface area contributed by atoms with Crippen molar-refractivity contribution in [3.8, 4) is 0 Å². The summed E-state index contributed by atoms with van der Waals surface area (Å²) in [5, 5.41) is 0. The van der Waals surface area contributed by atoms with Crippen LogP contribution in [0.4, 0.5) is 0 Å². The SMILES string of the molecule is NC(=O)C1NNCc2cnccc21. The van der Waals surface area contributed by atoms with Gasteiger partial charge in [0.15, 0.2) is 0 Å². The summed E-state index contributed by atoms with van der Waals surface area (Å²) < 4.78 is 0. The van der Waals surface area contributed by atoms with E-state index < -0.39 is 6.04 Å². The standard InChI is InChI=1S/C8H10N4O/c9-8(13)7-6-1-2-10-3-5(6)4-11-12-7/h1-3,7,11-12H,4H2,(H2,9,13). The Bertz CT molecular complexity index is 339. The van der Waals surface area contributed by atoms with E-state index in [0.717, 1.165) is 11.1 Å². The molecule has 0 saturated carbocycles. The van der Waals surface area contributed by atoms with E-state index in [-0.39, 0.29) is 5.91 Å². The number of hydrogen-bond donors (Lipinski definition) is 3. The van der Waals surface area contributed by atoms with Crippen LogP contribution in [0.1, 0.15) is 17.2 Å². The van der Waals surface area contributed by atoms with Crippen LogP contribution >= 0.6 is 0 Å². The Morgan fingerprint density at radius 3 is 3.31 bits per heavy atom. The van der Waals surface area contributed by atoms with Crippen LogP contribution in [0, 0.1) is 0 Å². The summed E-state index contributed by atoms with van der Waals surface area (Å²) in [6.45, 7) is 0.660. The van der Waals surface area contributed by atoms with Gasteiger partial charge < -0.3 is 5.73 Å². The molecule has 0 radical (unpaired) electrons. The van der Waals surface area contributed by atoms with Crippen LogP contribution in [-0.4, -0.2) is 10.9 Å². The van der Waals surface area contributed by atoms with Gasteiger partial charge in [-0.3, -0.25) is 15.2 Å². The molecule has 0 aromatic carbocycles. The summed E-state index contributed by atoms with van der Waals surface area (Å²) >= 11 is 0. The molecule has 5 nitrogen and oxygen atoms in total. The lowest BCUT2D eigenvalue weighted by molar-refractivity contribution is -0.120. The van der Waals surface area contributed by atoms with Crippen LogP contribution in [0.2, 0.25) is 0 Å². The Hall–Kier alpha value is -1.46. The number of aromatic nitrogens is 1. The molecule has 0 aliphatic carbocycles. The maximum atomic E-state index is 11.0. The van der Waals surface area contributed by atoms with Crippen LogP contribution in [0.3, 0.4) is 0 Å². The van der Waals surface area contributed by atoms with Crippen molar-refractivity contribution < 1.29 is 4.79 Å². The lowest BCUT2D eigenvalue weighted by Gasteiger charge is -2.24. The molecule has 0 fully saturated rings. The summed E-state index contributed by atoms with van der Waals surface area (Å²) in [4.78, 5) is 15.0. The van der Waals surface area contributed by atoms with Gasteiger partial charge in [0, 0.05) is 18.9 Å². The first kappa shape index (κ1) is 8.15. The number of hydrogen-bond acceptors (Lipinski definition) is 4.